The summed E-state index contributed by atoms with van der Waals surface area (Å²) < 4.78 is 0.712. The average molecular weight is 482 g/mol. The number of hydrogen-bond donors (Lipinski definition) is 1. The molecule has 0 spiro atoms. The minimum atomic E-state index is -0.413. The van der Waals surface area contributed by atoms with Gasteiger partial charge < -0.3 is 0 Å². The third-order valence-electron chi connectivity index (χ3n) is 4.23. The number of non-ortho nitro benzene ring substituents is 1. The summed E-state index contributed by atoms with van der Waals surface area (Å²) in [5, 5.41) is 14.9. The number of rotatable bonds is 5. The zero-order chi connectivity index (χ0) is 20.9. The Morgan fingerprint density at radius 1 is 1.00 bits per heavy atom. The number of hydrogen-bond acceptors (Lipinski definition) is 4. The van der Waals surface area contributed by atoms with E-state index in [1.807, 2.05) is 59.5 Å². The van der Waals surface area contributed by atoms with Crippen molar-refractivity contribution in [3.8, 4) is 11.3 Å². The Morgan fingerprint density at radius 2 is 1.70 bits per heavy atom. The van der Waals surface area contributed by atoms with Crippen molar-refractivity contribution in [1.29, 1.82) is 0 Å². The Kier molecular flexibility index (Phi) is 6.04. The van der Waals surface area contributed by atoms with E-state index < -0.39 is 4.92 Å². The van der Waals surface area contributed by atoms with Gasteiger partial charge in [-0.1, -0.05) is 0 Å². The Morgan fingerprint density at radius 3 is 2.37 bits per heavy atom. The predicted molar refractivity (Wildman–Crippen MR) is 121 cm³/mol. The zero-order valence-electron chi connectivity index (χ0n) is 15.5. The molecule has 0 aliphatic carbocycles. The van der Waals surface area contributed by atoms with Gasteiger partial charge in [-0.25, -0.2) is 0 Å². The molecule has 6 nitrogen and oxygen atoms in total. The van der Waals surface area contributed by atoms with Crippen molar-refractivity contribution in [2.45, 2.75) is 0 Å². The fourth-order valence-electron chi connectivity index (χ4n) is 2.73. The molecule has 0 aliphatic heterocycles. The third-order valence-corrected chi connectivity index (χ3v) is 6.02. The molecule has 0 amide bonds. The van der Waals surface area contributed by atoms with Gasteiger partial charge in [-0.15, -0.1) is 0 Å². The number of nitrogens with zero attached hydrogens (tertiary/aromatic N) is 3. The van der Waals surface area contributed by atoms with E-state index in [1.54, 1.807) is 12.1 Å². The van der Waals surface area contributed by atoms with E-state index >= 15 is 0 Å². The molecule has 0 atom stereocenters. The second-order valence-electron chi connectivity index (χ2n) is 6.28. The number of halogens is 1. The maximum absolute atomic E-state index is 10.8. The van der Waals surface area contributed by atoms with Gasteiger partial charge >= 0.3 is 184 Å². The summed E-state index contributed by atoms with van der Waals surface area (Å²) in [7, 11) is 0. The van der Waals surface area contributed by atoms with Crippen LogP contribution in [0.4, 0.5) is 16.1 Å². The molecule has 0 aliphatic rings. The quantitative estimate of drug-likeness (QED) is 0.133. The normalized spacial score (nSPS) is 11.3. The number of benzene rings is 3. The molecule has 1 heterocycles. The van der Waals surface area contributed by atoms with Crippen LogP contribution in [0.1, 0.15) is 5.56 Å². The number of nitro groups is 1. The Labute approximate surface area is 183 Å². The fourth-order valence-corrected chi connectivity index (χ4v) is 4.32. The van der Waals surface area contributed by atoms with Gasteiger partial charge in [-0.2, -0.15) is 0 Å². The van der Waals surface area contributed by atoms with E-state index in [2.05, 4.69) is 10.3 Å². The van der Waals surface area contributed by atoms with Crippen LogP contribution in [0.2, 0.25) is 5.02 Å². The maximum atomic E-state index is 10.8. The number of nitro benzene ring substituents is 1. The molecule has 0 radical (unpaired) electrons. The number of aromatic nitrogens is 1. The molecule has 1 N–H and O–H groups in total. The van der Waals surface area contributed by atoms with E-state index in [0.29, 0.717) is 15.6 Å². The van der Waals surface area contributed by atoms with Crippen molar-refractivity contribution in [2.75, 3.05) is 5.32 Å². The molecule has 148 valence electrons. The first-order valence-electron chi connectivity index (χ1n) is 8.95. The number of amidine groups is 1. The number of para-hydroxylation sites is 1. The van der Waals surface area contributed by atoms with Crippen LogP contribution in [0.5, 0.6) is 0 Å². The van der Waals surface area contributed by atoms with Gasteiger partial charge in [0.15, 0.2) is 0 Å². The molecule has 0 saturated carbocycles. The first-order chi connectivity index (χ1) is 14.6. The standard InChI is InChI=1S/C22H15ClN4O2Se/c23-17-10-6-16(7-11-17)21(24-18-4-2-1-3-5-18)26-22-25-20(14-30-22)15-8-12-19(13-9-15)27(28)29/h1-14H,(H,24,25,26). The summed E-state index contributed by atoms with van der Waals surface area (Å²) >= 11 is 5.98. The summed E-state index contributed by atoms with van der Waals surface area (Å²) in [6.07, 6.45) is 0. The molecule has 0 bridgehead atoms. The summed E-state index contributed by atoms with van der Waals surface area (Å²) in [5.74, 6) is 0.678. The second-order valence-corrected chi connectivity index (χ2v) is 8.47. The van der Waals surface area contributed by atoms with Crippen LogP contribution in [0.25, 0.3) is 11.3 Å². The summed E-state index contributed by atoms with van der Waals surface area (Å²) in [6, 6.07) is 23.6. The predicted octanol–water partition coefficient (Wildman–Crippen LogP) is 5.56. The summed E-state index contributed by atoms with van der Waals surface area (Å²) in [5.41, 5.74) is 3.48. The fraction of sp³-hybridized carbons (Fsp3) is 0. The first kappa shape index (κ1) is 20.0. The molecule has 4 aromatic rings. The van der Waals surface area contributed by atoms with E-state index in [0.717, 1.165) is 22.5 Å². The van der Waals surface area contributed by atoms with Crippen LogP contribution in [0, 0.1) is 10.1 Å². The van der Waals surface area contributed by atoms with Gasteiger partial charge in [-0.3, -0.25) is 0 Å². The number of aliphatic imine (C=N–C) groups is 1. The molecule has 0 saturated heterocycles. The van der Waals surface area contributed by atoms with Crippen molar-refractivity contribution in [3.05, 3.63) is 105 Å². The van der Waals surface area contributed by atoms with Gasteiger partial charge in [0.1, 0.15) is 0 Å². The van der Waals surface area contributed by atoms with Gasteiger partial charge in [-0.05, 0) is 0 Å². The van der Waals surface area contributed by atoms with Crippen molar-refractivity contribution >= 4 is 48.0 Å². The summed E-state index contributed by atoms with van der Waals surface area (Å²) in [6.45, 7) is 0. The van der Waals surface area contributed by atoms with Crippen LogP contribution < -0.4 is 5.32 Å². The van der Waals surface area contributed by atoms with Crippen LogP contribution in [0.3, 0.4) is 0 Å². The molecule has 30 heavy (non-hydrogen) atoms. The van der Waals surface area contributed by atoms with Crippen molar-refractivity contribution in [3.63, 3.8) is 0 Å². The van der Waals surface area contributed by atoms with Crippen molar-refractivity contribution < 1.29 is 4.92 Å². The van der Waals surface area contributed by atoms with E-state index in [4.69, 9.17) is 16.6 Å². The number of nitrogens with one attached hydrogen (secondary N) is 1. The van der Waals surface area contributed by atoms with Crippen molar-refractivity contribution in [1.82, 2.24) is 4.98 Å². The molecular formula is C22H15ClN4O2Se. The van der Waals surface area contributed by atoms with Crippen LogP contribution >= 0.6 is 11.6 Å². The third kappa shape index (κ3) is 4.83. The SMILES string of the molecule is O=[N+]([O-])c1ccc(-c2c[se]c(/N=C(/Nc3ccccc3)c3ccc(Cl)cc3)n2)cc1. The Bertz CT molecular complexity index is 1190. The van der Waals surface area contributed by atoms with Gasteiger partial charge in [0, 0.05) is 0 Å². The topological polar surface area (TPSA) is 80.4 Å². The molecule has 3 aromatic carbocycles. The van der Waals surface area contributed by atoms with E-state index in [1.165, 1.54) is 12.1 Å². The van der Waals surface area contributed by atoms with Crippen LogP contribution in [-0.4, -0.2) is 30.2 Å². The molecule has 8 heteroatoms. The average Bonchev–Trinajstić information content (AvgIpc) is 3.23. The summed E-state index contributed by atoms with van der Waals surface area (Å²) in [4.78, 5) is 21.9. The second kappa shape index (κ2) is 9.05. The monoisotopic (exact) mass is 482 g/mol. The minimum absolute atomic E-state index is 0.0485. The zero-order valence-corrected chi connectivity index (χ0v) is 18.0. The van der Waals surface area contributed by atoms with Gasteiger partial charge in [0.25, 0.3) is 0 Å². The molecule has 4 rings (SSSR count). The van der Waals surface area contributed by atoms with Crippen LogP contribution in [-0.2, 0) is 0 Å². The number of anilines is 1. The van der Waals surface area contributed by atoms with Gasteiger partial charge in [0.05, 0.1) is 0 Å². The van der Waals surface area contributed by atoms with E-state index in [-0.39, 0.29) is 20.2 Å². The molecular weight excluding hydrogens is 467 g/mol. The van der Waals surface area contributed by atoms with E-state index in [9.17, 15) is 10.1 Å². The van der Waals surface area contributed by atoms with Crippen molar-refractivity contribution in [2.24, 2.45) is 4.99 Å². The molecule has 0 unspecified atom stereocenters. The Hall–Kier alpha value is -3.25. The first-order valence-corrected chi connectivity index (χ1v) is 11.2. The molecule has 1 aromatic heterocycles. The Balaban J connectivity index is 1.66. The molecule has 0 fully saturated rings. The van der Waals surface area contributed by atoms with Crippen LogP contribution in [0.15, 0.2) is 88.8 Å². The van der Waals surface area contributed by atoms with Gasteiger partial charge in [0.2, 0.25) is 0 Å².